The second-order valence-corrected chi connectivity index (χ2v) is 4.68. The molecule has 5 heteroatoms. The quantitative estimate of drug-likeness (QED) is 0.725. The van der Waals surface area contributed by atoms with Crippen LogP contribution in [0.5, 0.6) is 0 Å². The number of H-pyrrole nitrogens is 1. The summed E-state index contributed by atoms with van der Waals surface area (Å²) in [6, 6.07) is 9.81. The van der Waals surface area contributed by atoms with Crippen molar-refractivity contribution in [1.29, 1.82) is 0 Å². The van der Waals surface area contributed by atoms with Crippen molar-refractivity contribution in [2.24, 2.45) is 7.05 Å². The molecule has 0 saturated carbocycles. The molecule has 1 aromatic carbocycles. The molecule has 0 amide bonds. The molecule has 3 rings (SSSR count). The Morgan fingerprint density at radius 2 is 2.10 bits per heavy atom. The third-order valence-corrected chi connectivity index (χ3v) is 3.14. The lowest BCUT2D eigenvalue weighted by atomic mass is 10.2. The summed E-state index contributed by atoms with van der Waals surface area (Å²) in [4.78, 5) is 19.1. The first kappa shape index (κ1) is 13.1. The molecule has 5 nitrogen and oxygen atoms in total. The lowest BCUT2D eigenvalue weighted by Crippen LogP contribution is -2.14. The maximum atomic E-state index is 11.9. The largest absolute Gasteiger partial charge is 0.309 e. The fraction of sp³-hybridized carbons (Fsp3) is 0.188. The van der Waals surface area contributed by atoms with E-state index in [1.54, 1.807) is 13.2 Å². The molecule has 1 N–H and O–H groups in total. The summed E-state index contributed by atoms with van der Waals surface area (Å²) >= 11 is 0. The third kappa shape index (κ3) is 2.84. The highest BCUT2D eigenvalue weighted by Crippen LogP contribution is 2.05. The summed E-state index contributed by atoms with van der Waals surface area (Å²) in [5, 5.41) is 4.04. The lowest BCUT2D eigenvalue weighted by Gasteiger charge is -1.98. The fourth-order valence-electron chi connectivity index (χ4n) is 2.12. The molecule has 2 heterocycles. The van der Waals surface area contributed by atoms with E-state index in [0.717, 1.165) is 5.56 Å². The van der Waals surface area contributed by atoms with Crippen LogP contribution < -0.4 is 5.56 Å². The minimum Gasteiger partial charge on any atom is -0.309 e. The molecule has 21 heavy (non-hydrogen) atoms. The summed E-state index contributed by atoms with van der Waals surface area (Å²) in [5.41, 5.74) is 1.94. The van der Waals surface area contributed by atoms with Crippen molar-refractivity contribution in [2.45, 2.75) is 12.8 Å². The van der Waals surface area contributed by atoms with E-state index in [0.29, 0.717) is 29.7 Å². The number of hydrogen-bond acceptors (Lipinski definition) is 3. The van der Waals surface area contributed by atoms with Crippen LogP contribution >= 0.6 is 0 Å². The van der Waals surface area contributed by atoms with Crippen LogP contribution in [0.25, 0.3) is 11.0 Å². The van der Waals surface area contributed by atoms with Gasteiger partial charge in [0.1, 0.15) is 11.3 Å². The van der Waals surface area contributed by atoms with Crippen LogP contribution in [0.3, 0.4) is 0 Å². The molecule has 0 aliphatic carbocycles. The fourth-order valence-corrected chi connectivity index (χ4v) is 2.12. The van der Waals surface area contributed by atoms with Gasteiger partial charge in [0.2, 0.25) is 0 Å². The van der Waals surface area contributed by atoms with E-state index in [1.165, 1.54) is 4.68 Å². The molecule has 3 aromatic rings. The Morgan fingerprint density at radius 1 is 1.29 bits per heavy atom. The maximum Gasteiger partial charge on any atom is 0.277 e. The second-order valence-electron chi connectivity index (χ2n) is 4.68. The summed E-state index contributed by atoms with van der Waals surface area (Å²) in [7, 11) is 1.73. The molecule has 2 aromatic heterocycles. The molecule has 104 valence electrons. The molecule has 0 aliphatic heterocycles. The Balaban J connectivity index is 1.74. The van der Waals surface area contributed by atoms with Gasteiger partial charge in [-0.15, -0.1) is 0 Å². The predicted molar refractivity (Wildman–Crippen MR) is 80.8 cm³/mol. The van der Waals surface area contributed by atoms with Gasteiger partial charge in [0.05, 0.1) is 6.20 Å². The SMILES string of the molecule is Cn1ncc2nc(CCC#Cc3ccccc3)[nH]c(=O)c21. The second kappa shape index (κ2) is 5.63. The molecule has 0 spiro atoms. The molecule has 0 fully saturated rings. The molecule has 0 bridgehead atoms. The number of aryl methyl sites for hydroxylation is 2. The van der Waals surface area contributed by atoms with Crippen molar-refractivity contribution >= 4 is 11.0 Å². The molecular weight excluding hydrogens is 264 g/mol. The van der Waals surface area contributed by atoms with Gasteiger partial charge in [-0.05, 0) is 12.1 Å². The monoisotopic (exact) mass is 278 g/mol. The Labute approximate surface area is 121 Å². The first-order chi connectivity index (χ1) is 10.2. The van der Waals surface area contributed by atoms with Gasteiger partial charge in [0.25, 0.3) is 5.56 Å². The van der Waals surface area contributed by atoms with Crippen molar-refractivity contribution < 1.29 is 0 Å². The van der Waals surface area contributed by atoms with E-state index in [-0.39, 0.29) is 5.56 Å². The van der Waals surface area contributed by atoms with Crippen LogP contribution in [0, 0.1) is 11.8 Å². The van der Waals surface area contributed by atoms with E-state index < -0.39 is 0 Å². The number of nitrogens with one attached hydrogen (secondary N) is 1. The van der Waals surface area contributed by atoms with Gasteiger partial charge in [0.15, 0.2) is 5.52 Å². The normalized spacial score (nSPS) is 10.3. The zero-order valence-corrected chi connectivity index (χ0v) is 11.6. The number of aromatic amines is 1. The molecular formula is C16H14N4O. The van der Waals surface area contributed by atoms with Crippen molar-refractivity contribution in [3.63, 3.8) is 0 Å². The van der Waals surface area contributed by atoms with Crippen LogP contribution in [-0.4, -0.2) is 19.7 Å². The van der Waals surface area contributed by atoms with E-state index in [4.69, 9.17) is 0 Å². The summed E-state index contributed by atoms with van der Waals surface area (Å²) in [6.45, 7) is 0. The summed E-state index contributed by atoms with van der Waals surface area (Å²) in [6.07, 6.45) is 2.85. The standard InChI is InChI=1S/C16H14N4O/c1-20-15-13(11-17-20)18-14(19-16(15)21)10-6-5-9-12-7-3-2-4-8-12/h2-4,7-8,11H,6,10H2,1H3,(H,18,19,21). The van der Waals surface area contributed by atoms with Gasteiger partial charge in [-0.25, -0.2) is 4.98 Å². The minimum absolute atomic E-state index is 0.161. The van der Waals surface area contributed by atoms with Crippen molar-refractivity contribution in [1.82, 2.24) is 19.7 Å². The van der Waals surface area contributed by atoms with Crippen LogP contribution in [-0.2, 0) is 13.5 Å². The Hall–Kier alpha value is -2.87. The maximum absolute atomic E-state index is 11.9. The average molecular weight is 278 g/mol. The van der Waals surface area contributed by atoms with E-state index >= 15 is 0 Å². The van der Waals surface area contributed by atoms with Gasteiger partial charge in [-0.3, -0.25) is 9.48 Å². The number of fused-ring (bicyclic) bond motifs is 1. The van der Waals surface area contributed by atoms with Crippen molar-refractivity contribution in [2.75, 3.05) is 0 Å². The van der Waals surface area contributed by atoms with Crippen LogP contribution in [0.15, 0.2) is 41.3 Å². The van der Waals surface area contributed by atoms with Crippen LogP contribution in [0.4, 0.5) is 0 Å². The van der Waals surface area contributed by atoms with Gasteiger partial charge < -0.3 is 4.98 Å². The topological polar surface area (TPSA) is 63.6 Å². The smallest absolute Gasteiger partial charge is 0.277 e. The number of nitrogens with zero attached hydrogens (tertiary/aromatic N) is 3. The van der Waals surface area contributed by atoms with Crippen LogP contribution in [0.1, 0.15) is 17.8 Å². The molecule has 0 radical (unpaired) electrons. The molecule has 0 unspecified atom stereocenters. The Bertz CT molecular complexity index is 881. The van der Waals surface area contributed by atoms with Crippen molar-refractivity contribution in [3.05, 3.63) is 58.3 Å². The van der Waals surface area contributed by atoms with E-state index in [2.05, 4.69) is 26.9 Å². The number of hydrogen-bond donors (Lipinski definition) is 1. The minimum atomic E-state index is -0.161. The third-order valence-electron chi connectivity index (χ3n) is 3.14. The van der Waals surface area contributed by atoms with Crippen LogP contribution in [0.2, 0.25) is 0 Å². The molecule has 0 atom stereocenters. The highest BCUT2D eigenvalue weighted by atomic mass is 16.1. The summed E-state index contributed by atoms with van der Waals surface area (Å²) < 4.78 is 1.53. The molecule has 0 saturated heterocycles. The zero-order chi connectivity index (χ0) is 14.7. The van der Waals surface area contributed by atoms with Gasteiger partial charge >= 0.3 is 0 Å². The first-order valence-corrected chi connectivity index (χ1v) is 6.69. The number of aromatic nitrogens is 4. The Morgan fingerprint density at radius 3 is 2.90 bits per heavy atom. The van der Waals surface area contributed by atoms with Crippen molar-refractivity contribution in [3.8, 4) is 11.8 Å². The Kier molecular flexibility index (Phi) is 3.52. The highest BCUT2D eigenvalue weighted by Gasteiger charge is 2.07. The van der Waals surface area contributed by atoms with Gasteiger partial charge in [0, 0.05) is 25.5 Å². The van der Waals surface area contributed by atoms with E-state index in [1.807, 2.05) is 30.3 Å². The van der Waals surface area contributed by atoms with Gasteiger partial charge in [-0.1, -0.05) is 30.0 Å². The van der Waals surface area contributed by atoms with Gasteiger partial charge in [-0.2, -0.15) is 5.10 Å². The predicted octanol–water partition coefficient (Wildman–Crippen LogP) is 1.64. The lowest BCUT2D eigenvalue weighted by molar-refractivity contribution is 0.789. The van der Waals surface area contributed by atoms with E-state index in [9.17, 15) is 4.79 Å². The number of benzene rings is 1. The molecule has 0 aliphatic rings. The average Bonchev–Trinajstić information content (AvgIpc) is 2.87. The highest BCUT2D eigenvalue weighted by molar-refractivity contribution is 5.72. The first-order valence-electron chi connectivity index (χ1n) is 6.69. The number of rotatable bonds is 2. The summed E-state index contributed by atoms with van der Waals surface area (Å²) in [5.74, 6) is 6.82. The zero-order valence-electron chi connectivity index (χ0n) is 11.6.